The van der Waals surface area contributed by atoms with Gasteiger partial charge in [0.15, 0.2) is 9.84 Å². The minimum atomic E-state index is -3.68. The quantitative estimate of drug-likeness (QED) is 0.479. The van der Waals surface area contributed by atoms with Crippen LogP contribution in [0.1, 0.15) is 34.2 Å². The van der Waals surface area contributed by atoms with Crippen molar-refractivity contribution < 1.29 is 26.8 Å². The molecule has 3 aromatic rings. The largest absolute Gasteiger partial charge is 0.462 e. The van der Waals surface area contributed by atoms with Gasteiger partial charge in [-0.25, -0.2) is 17.6 Å². The molecule has 142 valence electrons. The van der Waals surface area contributed by atoms with E-state index >= 15 is 0 Å². The highest BCUT2D eigenvalue weighted by Crippen LogP contribution is 2.29. The number of sulfone groups is 1. The summed E-state index contributed by atoms with van der Waals surface area (Å²) in [6.07, 6.45) is 0. The molecule has 7 heteroatoms. The van der Waals surface area contributed by atoms with E-state index in [-0.39, 0.29) is 17.3 Å². The highest BCUT2D eigenvalue weighted by atomic mass is 32.2. The van der Waals surface area contributed by atoms with Gasteiger partial charge in [0.2, 0.25) is 0 Å². The maximum absolute atomic E-state index is 13.3. The van der Waals surface area contributed by atoms with Gasteiger partial charge in [-0.2, -0.15) is 0 Å². The smallest absolute Gasteiger partial charge is 0.342 e. The number of ether oxygens (including phenoxy) is 1. The molecular weight excluding hydrogens is 371 g/mol. The van der Waals surface area contributed by atoms with Gasteiger partial charge in [-0.1, -0.05) is 6.07 Å². The normalized spacial score (nSPS) is 11.7. The van der Waals surface area contributed by atoms with E-state index in [9.17, 15) is 17.6 Å². The second kappa shape index (κ2) is 7.15. The molecule has 3 rings (SSSR count). The van der Waals surface area contributed by atoms with Crippen LogP contribution in [0.5, 0.6) is 0 Å². The van der Waals surface area contributed by atoms with Crippen LogP contribution in [0.15, 0.2) is 45.7 Å². The summed E-state index contributed by atoms with van der Waals surface area (Å²) in [5, 5.41) is 0.509. The van der Waals surface area contributed by atoms with Crippen molar-refractivity contribution in [2.45, 2.75) is 31.4 Å². The average molecular weight is 390 g/mol. The van der Waals surface area contributed by atoms with Crippen LogP contribution in [0.4, 0.5) is 4.39 Å². The predicted octanol–water partition coefficient (Wildman–Crippen LogP) is 4.34. The Kier molecular flexibility index (Phi) is 5.06. The molecule has 0 N–H and O–H groups in total. The predicted molar refractivity (Wildman–Crippen MR) is 98.9 cm³/mol. The van der Waals surface area contributed by atoms with Gasteiger partial charge in [-0.3, -0.25) is 0 Å². The number of fused-ring (bicyclic) bond motifs is 1. The summed E-state index contributed by atoms with van der Waals surface area (Å²) < 4.78 is 49.4. The summed E-state index contributed by atoms with van der Waals surface area (Å²) in [6, 6.07) is 8.47. The van der Waals surface area contributed by atoms with Crippen molar-refractivity contribution >= 4 is 26.8 Å². The molecule has 0 aliphatic carbocycles. The second-order valence-corrected chi connectivity index (χ2v) is 8.21. The average Bonchev–Trinajstić information content (AvgIpc) is 2.89. The zero-order valence-corrected chi connectivity index (χ0v) is 16.0. The zero-order valence-electron chi connectivity index (χ0n) is 15.2. The van der Waals surface area contributed by atoms with E-state index < -0.39 is 21.6 Å². The van der Waals surface area contributed by atoms with Crippen molar-refractivity contribution in [3.63, 3.8) is 0 Å². The maximum atomic E-state index is 13.3. The third-order valence-corrected chi connectivity index (χ3v) is 6.08. The number of benzene rings is 2. The molecule has 2 aromatic carbocycles. The summed E-state index contributed by atoms with van der Waals surface area (Å²) in [5.74, 6) is -0.858. The number of halogens is 1. The van der Waals surface area contributed by atoms with Crippen LogP contribution in [0.25, 0.3) is 11.0 Å². The molecule has 0 unspecified atom stereocenters. The minimum Gasteiger partial charge on any atom is -0.462 e. The molecule has 0 bridgehead atoms. The fourth-order valence-corrected chi connectivity index (χ4v) is 4.67. The number of rotatable bonds is 5. The minimum absolute atomic E-state index is 0.0815. The maximum Gasteiger partial charge on any atom is 0.342 e. The summed E-state index contributed by atoms with van der Waals surface area (Å²) in [6.45, 7) is 5.14. The van der Waals surface area contributed by atoms with Crippen LogP contribution in [0.2, 0.25) is 0 Å². The standard InChI is InChI=1S/C20H19FO5S/c1-4-25-20(22)19-13(3)26-17-7-5-14(10-16(17)19)11-27(23,24)18-8-6-15(21)9-12(18)2/h5-10H,4,11H2,1-3H3. The molecule has 0 saturated carbocycles. The first kappa shape index (κ1) is 19.1. The Bertz CT molecular complexity index is 1130. The molecule has 0 spiro atoms. The first-order chi connectivity index (χ1) is 12.7. The summed E-state index contributed by atoms with van der Waals surface area (Å²) >= 11 is 0. The Morgan fingerprint density at radius 1 is 1.15 bits per heavy atom. The van der Waals surface area contributed by atoms with E-state index in [1.54, 1.807) is 39.0 Å². The Hall–Kier alpha value is -2.67. The molecule has 0 radical (unpaired) electrons. The number of furan rings is 1. The SMILES string of the molecule is CCOC(=O)c1c(C)oc2ccc(CS(=O)(=O)c3ccc(F)cc3C)cc12. The Morgan fingerprint density at radius 3 is 2.56 bits per heavy atom. The Labute approximate surface area is 156 Å². The monoisotopic (exact) mass is 390 g/mol. The van der Waals surface area contributed by atoms with Gasteiger partial charge in [0.05, 0.1) is 17.3 Å². The molecule has 0 saturated heterocycles. The van der Waals surface area contributed by atoms with E-state index in [0.29, 0.717) is 33.4 Å². The Morgan fingerprint density at radius 2 is 1.89 bits per heavy atom. The topological polar surface area (TPSA) is 73.6 Å². The molecule has 1 aromatic heterocycles. The molecule has 0 aliphatic rings. The van der Waals surface area contributed by atoms with Crippen LogP contribution < -0.4 is 0 Å². The van der Waals surface area contributed by atoms with E-state index in [4.69, 9.17) is 9.15 Å². The molecule has 0 atom stereocenters. The van der Waals surface area contributed by atoms with Crippen LogP contribution >= 0.6 is 0 Å². The van der Waals surface area contributed by atoms with Gasteiger partial charge in [0, 0.05) is 5.39 Å². The van der Waals surface area contributed by atoms with E-state index in [1.807, 2.05) is 0 Å². The summed E-state index contributed by atoms with van der Waals surface area (Å²) in [5.41, 5.74) is 1.62. The number of carbonyl (C=O) groups excluding carboxylic acids is 1. The van der Waals surface area contributed by atoms with Crippen LogP contribution in [-0.4, -0.2) is 21.0 Å². The lowest BCUT2D eigenvalue weighted by molar-refractivity contribution is 0.0526. The highest BCUT2D eigenvalue weighted by Gasteiger charge is 2.22. The first-order valence-corrected chi connectivity index (χ1v) is 10.1. The fraction of sp³-hybridized carbons (Fsp3) is 0.250. The van der Waals surface area contributed by atoms with Gasteiger partial charge in [-0.05, 0) is 62.2 Å². The molecule has 0 fully saturated rings. The summed E-state index contributed by atoms with van der Waals surface area (Å²) in [4.78, 5) is 12.3. The number of carbonyl (C=O) groups is 1. The van der Waals surface area contributed by atoms with Gasteiger partial charge in [-0.15, -0.1) is 0 Å². The van der Waals surface area contributed by atoms with Gasteiger partial charge in [0.1, 0.15) is 22.7 Å². The number of hydrogen-bond acceptors (Lipinski definition) is 5. The number of hydrogen-bond donors (Lipinski definition) is 0. The van der Waals surface area contributed by atoms with E-state index in [1.165, 1.54) is 12.1 Å². The third kappa shape index (κ3) is 3.73. The Balaban J connectivity index is 2.02. The fourth-order valence-electron chi connectivity index (χ4n) is 3.07. The van der Waals surface area contributed by atoms with Crippen molar-refractivity contribution in [2.24, 2.45) is 0 Å². The van der Waals surface area contributed by atoms with Crippen LogP contribution in [0, 0.1) is 19.7 Å². The van der Waals surface area contributed by atoms with Crippen LogP contribution in [-0.2, 0) is 20.3 Å². The van der Waals surface area contributed by atoms with Crippen molar-refractivity contribution in [1.82, 2.24) is 0 Å². The highest BCUT2D eigenvalue weighted by molar-refractivity contribution is 7.90. The van der Waals surface area contributed by atoms with Gasteiger partial charge < -0.3 is 9.15 Å². The van der Waals surface area contributed by atoms with Crippen molar-refractivity contribution in [3.8, 4) is 0 Å². The zero-order chi connectivity index (χ0) is 19.8. The third-order valence-electron chi connectivity index (χ3n) is 4.24. The molecular formula is C20H19FO5S. The van der Waals surface area contributed by atoms with Crippen molar-refractivity contribution in [2.75, 3.05) is 6.61 Å². The lowest BCUT2D eigenvalue weighted by Crippen LogP contribution is -2.08. The van der Waals surface area contributed by atoms with E-state index in [0.717, 1.165) is 6.07 Å². The van der Waals surface area contributed by atoms with E-state index in [2.05, 4.69) is 0 Å². The molecule has 0 aliphatic heterocycles. The van der Waals surface area contributed by atoms with Crippen LogP contribution in [0.3, 0.4) is 0 Å². The first-order valence-electron chi connectivity index (χ1n) is 8.41. The second-order valence-electron chi connectivity index (χ2n) is 6.25. The number of esters is 1. The molecule has 1 heterocycles. The van der Waals surface area contributed by atoms with Gasteiger partial charge >= 0.3 is 5.97 Å². The lowest BCUT2D eigenvalue weighted by atomic mass is 10.1. The molecule has 0 amide bonds. The van der Waals surface area contributed by atoms with Crippen molar-refractivity contribution in [3.05, 3.63) is 64.7 Å². The lowest BCUT2D eigenvalue weighted by Gasteiger charge is -2.08. The summed E-state index contributed by atoms with van der Waals surface area (Å²) in [7, 11) is -3.68. The molecule has 27 heavy (non-hydrogen) atoms. The number of aryl methyl sites for hydroxylation is 2. The van der Waals surface area contributed by atoms with Gasteiger partial charge in [0.25, 0.3) is 0 Å². The van der Waals surface area contributed by atoms with Crippen molar-refractivity contribution in [1.29, 1.82) is 0 Å². The molecule has 5 nitrogen and oxygen atoms in total.